The summed E-state index contributed by atoms with van der Waals surface area (Å²) >= 11 is 12.4. The zero-order valence-electron chi connectivity index (χ0n) is 12.6. The predicted molar refractivity (Wildman–Crippen MR) is 87.4 cm³/mol. The molecule has 118 valence electrons. The van der Waals surface area contributed by atoms with Crippen LogP contribution in [0, 0.1) is 0 Å². The van der Waals surface area contributed by atoms with Crippen LogP contribution in [-0.2, 0) is 15.9 Å². The summed E-state index contributed by atoms with van der Waals surface area (Å²) < 4.78 is 11.4. The molecular formula is C16H23Cl2NO2. The summed E-state index contributed by atoms with van der Waals surface area (Å²) in [5.74, 6) is 0. The van der Waals surface area contributed by atoms with Crippen molar-refractivity contribution in [2.24, 2.45) is 0 Å². The molecule has 3 nitrogen and oxygen atoms in total. The number of ether oxygens (including phenoxy) is 2. The van der Waals surface area contributed by atoms with Crippen molar-refractivity contribution in [1.29, 1.82) is 0 Å². The largest absolute Gasteiger partial charge is 0.381 e. The van der Waals surface area contributed by atoms with E-state index in [0.29, 0.717) is 5.02 Å². The van der Waals surface area contributed by atoms with Gasteiger partial charge in [0, 0.05) is 49.3 Å². The second-order valence-corrected chi connectivity index (χ2v) is 6.28. The van der Waals surface area contributed by atoms with Crippen LogP contribution in [0.2, 0.25) is 10.0 Å². The maximum absolute atomic E-state index is 6.32. The highest BCUT2D eigenvalue weighted by atomic mass is 35.5. The summed E-state index contributed by atoms with van der Waals surface area (Å²) in [5, 5.41) is 5.02. The van der Waals surface area contributed by atoms with Gasteiger partial charge in [-0.05, 0) is 36.7 Å². The number of rotatable bonds is 6. The van der Waals surface area contributed by atoms with Gasteiger partial charge in [-0.15, -0.1) is 0 Å². The summed E-state index contributed by atoms with van der Waals surface area (Å²) in [6, 6.07) is 5.80. The Morgan fingerprint density at radius 1 is 1.33 bits per heavy atom. The minimum absolute atomic E-state index is 0.187. The fourth-order valence-electron chi connectivity index (χ4n) is 3.02. The molecule has 0 radical (unpaired) electrons. The van der Waals surface area contributed by atoms with Crippen LogP contribution >= 0.6 is 23.2 Å². The lowest BCUT2D eigenvalue weighted by Crippen LogP contribution is -2.56. The molecule has 1 aliphatic heterocycles. The van der Waals surface area contributed by atoms with Crippen LogP contribution in [0.1, 0.15) is 25.3 Å². The van der Waals surface area contributed by atoms with Crippen LogP contribution in [0.3, 0.4) is 0 Å². The van der Waals surface area contributed by atoms with Crippen LogP contribution in [0.15, 0.2) is 18.2 Å². The van der Waals surface area contributed by atoms with Crippen LogP contribution in [0.4, 0.5) is 0 Å². The Bertz CT molecular complexity index is 462. The molecule has 1 heterocycles. The van der Waals surface area contributed by atoms with E-state index in [2.05, 4.69) is 12.2 Å². The van der Waals surface area contributed by atoms with Crippen LogP contribution in [0.25, 0.3) is 0 Å². The minimum atomic E-state index is -0.208. The average Bonchev–Trinajstić information content (AvgIpc) is 2.51. The fraction of sp³-hybridized carbons (Fsp3) is 0.625. The Morgan fingerprint density at radius 3 is 2.67 bits per heavy atom. The van der Waals surface area contributed by atoms with Gasteiger partial charge in [0.05, 0.1) is 5.60 Å². The highest BCUT2D eigenvalue weighted by molar-refractivity contribution is 6.33. The molecule has 0 aromatic heterocycles. The van der Waals surface area contributed by atoms with E-state index in [1.807, 2.05) is 18.2 Å². The van der Waals surface area contributed by atoms with Gasteiger partial charge in [-0.25, -0.2) is 0 Å². The van der Waals surface area contributed by atoms with E-state index in [0.717, 1.165) is 49.6 Å². The molecule has 1 aromatic carbocycles. The van der Waals surface area contributed by atoms with Gasteiger partial charge in [0.1, 0.15) is 0 Å². The van der Waals surface area contributed by atoms with E-state index < -0.39 is 0 Å². The van der Waals surface area contributed by atoms with Gasteiger partial charge in [-0.1, -0.05) is 30.1 Å². The molecule has 1 aliphatic rings. The van der Waals surface area contributed by atoms with E-state index >= 15 is 0 Å². The Hall–Kier alpha value is -0.320. The fourth-order valence-corrected chi connectivity index (χ4v) is 3.41. The van der Waals surface area contributed by atoms with Crippen molar-refractivity contribution in [2.45, 2.75) is 37.8 Å². The van der Waals surface area contributed by atoms with Crippen LogP contribution in [-0.4, -0.2) is 38.5 Å². The topological polar surface area (TPSA) is 30.5 Å². The molecule has 1 fully saturated rings. The molecule has 21 heavy (non-hydrogen) atoms. The maximum Gasteiger partial charge on any atom is 0.0877 e. The normalized spacial score (nSPS) is 19.4. The van der Waals surface area contributed by atoms with Gasteiger partial charge in [0.15, 0.2) is 0 Å². The third-order valence-corrected chi connectivity index (χ3v) is 4.87. The molecule has 0 amide bonds. The molecule has 2 rings (SSSR count). The molecule has 1 atom stereocenters. The van der Waals surface area contributed by atoms with Crippen molar-refractivity contribution in [3.63, 3.8) is 0 Å². The van der Waals surface area contributed by atoms with Gasteiger partial charge in [-0.2, -0.15) is 0 Å². The first-order chi connectivity index (χ1) is 10.1. The lowest BCUT2D eigenvalue weighted by molar-refractivity contribution is -0.110. The molecular weight excluding hydrogens is 309 g/mol. The Balaban J connectivity index is 2.23. The second kappa shape index (κ2) is 7.80. The minimum Gasteiger partial charge on any atom is -0.381 e. The lowest BCUT2D eigenvalue weighted by Gasteiger charge is -2.43. The molecule has 1 saturated heterocycles. The summed E-state index contributed by atoms with van der Waals surface area (Å²) in [6.45, 7) is 4.46. The zero-order chi connectivity index (χ0) is 15.3. The first-order valence-electron chi connectivity index (χ1n) is 7.41. The quantitative estimate of drug-likeness (QED) is 0.861. The number of nitrogens with one attached hydrogen (secondary N) is 1. The number of benzene rings is 1. The Labute approximate surface area is 136 Å². The first kappa shape index (κ1) is 17.0. The number of halogens is 2. The SMILES string of the molecule is CCNC(Cc1cc(Cl)ccc1Cl)C1(OC)CCOCC1. The van der Waals surface area contributed by atoms with E-state index in [1.165, 1.54) is 0 Å². The maximum atomic E-state index is 6.32. The van der Waals surface area contributed by atoms with Gasteiger partial charge in [0.2, 0.25) is 0 Å². The molecule has 5 heteroatoms. The molecule has 0 spiro atoms. The first-order valence-corrected chi connectivity index (χ1v) is 8.17. The lowest BCUT2D eigenvalue weighted by atomic mass is 9.82. The average molecular weight is 332 g/mol. The summed E-state index contributed by atoms with van der Waals surface area (Å²) in [7, 11) is 1.79. The second-order valence-electron chi connectivity index (χ2n) is 5.43. The van der Waals surface area contributed by atoms with Gasteiger partial charge >= 0.3 is 0 Å². The van der Waals surface area contributed by atoms with E-state index in [4.69, 9.17) is 32.7 Å². The molecule has 1 aromatic rings. The Morgan fingerprint density at radius 2 is 2.05 bits per heavy atom. The zero-order valence-corrected chi connectivity index (χ0v) is 14.1. The molecule has 0 bridgehead atoms. The van der Waals surface area contributed by atoms with Gasteiger partial charge < -0.3 is 14.8 Å². The third kappa shape index (κ3) is 4.11. The third-order valence-electron chi connectivity index (χ3n) is 4.26. The number of likely N-dealkylation sites (N-methyl/N-ethyl adjacent to an activating group) is 1. The van der Waals surface area contributed by atoms with E-state index in [-0.39, 0.29) is 11.6 Å². The molecule has 0 aliphatic carbocycles. The Kier molecular flexibility index (Phi) is 6.33. The van der Waals surface area contributed by atoms with Crippen molar-refractivity contribution < 1.29 is 9.47 Å². The van der Waals surface area contributed by atoms with Crippen molar-refractivity contribution in [3.8, 4) is 0 Å². The van der Waals surface area contributed by atoms with Crippen molar-refractivity contribution >= 4 is 23.2 Å². The molecule has 0 saturated carbocycles. The summed E-state index contributed by atoms with van der Waals surface area (Å²) in [5.41, 5.74) is 0.845. The van der Waals surface area contributed by atoms with Crippen molar-refractivity contribution in [3.05, 3.63) is 33.8 Å². The number of hydrogen-bond acceptors (Lipinski definition) is 3. The number of hydrogen-bond donors (Lipinski definition) is 1. The van der Waals surface area contributed by atoms with Gasteiger partial charge in [-0.3, -0.25) is 0 Å². The highest BCUT2D eigenvalue weighted by Gasteiger charge is 2.40. The smallest absolute Gasteiger partial charge is 0.0877 e. The molecule has 1 N–H and O–H groups in total. The van der Waals surface area contributed by atoms with Crippen LogP contribution < -0.4 is 5.32 Å². The number of methoxy groups -OCH3 is 1. The summed E-state index contributed by atoms with van der Waals surface area (Å²) in [6.07, 6.45) is 2.57. The standard InChI is InChI=1S/C16H23Cl2NO2/c1-3-19-15(16(20-2)6-8-21-9-7-16)11-12-10-13(17)4-5-14(12)18/h4-5,10,15,19H,3,6-9,11H2,1-2H3. The van der Waals surface area contributed by atoms with Gasteiger partial charge in [0.25, 0.3) is 0 Å². The monoisotopic (exact) mass is 331 g/mol. The predicted octanol–water partition coefficient (Wildman–Crippen LogP) is 3.71. The van der Waals surface area contributed by atoms with E-state index in [1.54, 1.807) is 7.11 Å². The summed E-state index contributed by atoms with van der Waals surface area (Å²) in [4.78, 5) is 0. The molecule has 1 unspecified atom stereocenters. The highest BCUT2D eigenvalue weighted by Crippen LogP contribution is 2.32. The van der Waals surface area contributed by atoms with Crippen molar-refractivity contribution in [1.82, 2.24) is 5.32 Å². The van der Waals surface area contributed by atoms with Crippen LogP contribution in [0.5, 0.6) is 0 Å². The van der Waals surface area contributed by atoms with Crippen molar-refractivity contribution in [2.75, 3.05) is 26.9 Å². The van der Waals surface area contributed by atoms with E-state index in [9.17, 15) is 0 Å².